The van der Waals surface area contributed by atoms with Gasteiger partial charge >= 0.3 is 0 Å². The number of imide groups is 1. The predicted molar refractivity (Wildman–Crippen MR) is 108 cm³/mol. The Morgan fingerprint density at radius 1 is 1.14 bits per heavy atom. The van der Waals surface area contributed by atoms with Crippen LogP contribution in [0.15, 0.2) is 18.3 Å². The number of rotatable bonds is 4. The fourth-order valence-electron chi connectivity index (χ4n) is 4.67. The highest BCUT2D eigenvalue weighted by Crippen LogP contribution is 2.26. The van der Waals surface area contributed by atoms with E-state index >= 15 is 0 Å². The van der Waals surface area contributed by atoms with Crippen LogP contribution in [-0.4, -0.2) is 67.0 Å². The van der Waals surface area contributed by atoms with Gasteiger partial charge in [-0.2, -0.15) is 0 Å². The van der Waals surface area contributed by atoms with Crippen LogP contribution in [0.5, 0.6) is 0 Å². The van der Waals surface area contributed by atoms with Crippen molar-refractivity contribution < 1.29 is 9.59 Å². The highest BCUT2D eigenvalue weighted by Gasteiger charge is 2.29. The second-order valence-corrected chi connectivity index (χ2v) is 8.44. The molecule has 0 aliphatic carbocycles. The normalized spacial score (nSPS) is 27.7. The van der Waals surface area contributed by atoms with Crippen LogP contribution in [-0.2, 0) is 9.59 Å². The summed E-state index contributed by atoms with van der Waals surface area (Å²) in [5, 5.41) is 5.87. The van der Waals surface area contributed by atoms with Crippen molar-refractivity contribution in [1.29, 1.82) is 0 Å². The maximum absolute atomic E-state index is 12.1. The number of hydrogen-bond acceptors (Lipinski definition) is 6. The summed E-state index contributed by atoms with van der Waals surface area (Å²) in [5.41, 5.74) is 0.895. The van der Waals surface area contributed by atoms with Crippen molar-refractivity contribution in [2.24, 2.45) is 5.92 Å². The lowest BCUT2D eigenvalue weighted by Crippen LogP contribution is -2.53. The maximum atomic E-state index is 12.1. The van der Waals surface area contributed by atoms with Crippen molar-refractivity contribution in [3.05, 3.63) is 23.9 Å². The molecule has 0 radical (unpaired) electrons. The van der Waals surface area contributed by atoms with E-state index in [1.165, 1.54) is 19.4 Å². The van der Waals surface area contributed by atoms with Gasteiger partial charge in [-0.25, -0.2) is 4.98 Å². The lowest BCUT2D eigenvalue weighted by atomic mass is 9.92. The molecule has 2 atom stereocenters. The van der Waals surface area contributed by atoms with Gasteiger partial charge in [-0.15, -0.1) is 0 Å². The summed E-state index contributed by atoms with van der Waals surface area (Å²) in [6, 6.07) is 4.53. The van der Waals surface area contributed by atoms with Crippen LogP contribution in [0.25, 0.3) is 0 Å². The van der Waals surface area contributed by atoms with Crippen molar-refractivity contribution in [3.8, 4) is 0 Å². The molecule has 7 heteroatoms. The van der Waals surface area contributed by atoms with Crippen molar-refractivity contribution in [1.82, 2.24) is 20.5 Å². The molecule has 0 aromatic carbocycles. The molecule has 3 fully saturated rings. The summed E-state index contributed by atoms with van der Waals surface area (Å²) in [4.78, 5) is 33.0. The molecule has 2 amide bonds. The third-order valence-electron chi connectivity index (χ3n) is 6.45. The zero-order valence-electron chi connectivity index (χ0n) is 16.7. The van der Waals surface area contributed by atoms with E-state index < -0.39 is 0 Å². The Morgan fingerprint density at radius 3 is 2.64 bits per heavy atom. The Balaban J connectivity index is 1.34. The number of piperazine rings is 1. The van der Waals surface area contributed by atoms with Crippen LogP contribution >= 0.6 is 0 Å². The highest BCUT2D eigenvalue weighted by atomic mass is 16.2. The quantitative estimate of drug-likeness (QED) is 0.756. The molecule has 2 N–H and O–H groups in total. The fraction of sp³-hybridized carbons (Fsp3) is 0.667. The first-order valence-corrected chi connectivity index (χ1v) is 10.6. The van der Waals surface area contributed by atoms with Gasteiger partial charge in [0.25, 0.3) is 0 Å². The van der Waals surface area contributed by atoms with Gasteiger partial charge in [0.05, 0.1) is 5.92 Å². The van der Waals surface area contributed by atoms with Gasteiger partial charge in [0, 0.05) is 44.8 Å². The number of hydrogen-bond donors (Lipinski definition) is 2. The minimum absolute atomic E-state index is 0.179. The van der Waals surface area contributed by atoms with Gasteiger partial charge in [-0.3, -0.25) is 19.8 Å². The second kappa shape index (κ2) is 8.57. The molecule has 3 aliphatic heterocycles. The molecule has 1 aromatic rings. The molecule has 3 aliphatic rings. The molecule has 4 rings (SSSR count). The Morgan fingerprint density at radius 2 is 1.96 bits per heavy atom. The number of anilines is 1. The molecule has 1 aromatic heterocycles. The standard InChI is InChI=1S/C21H31N5O2/c1-15-13-26(11-10-25(15)14-16-6-8-22-9-7-16)19-4-2-17(12-23-19)18-3-5-20(27)24-21(18)28/h2,4,12,15-16,18,22H,3,5-11,13-14H2,1H3,(H,24,27,28)/t15-,18?/m0/s1. The zero-order chi connectivity index (χ0) is 19.5. The number of amides is 2. The van der Waals surface area contributed by atoms with Gasteiger partial charge in [0.15, 0.2) is 0 Å². The number of carbonyl (C=O) groups excluding carboxylic acids is 2. The van der Waals surface area contributed by atoms with Gasteiger partial charge in [0.1, 0.15) is 5.82 Å². The van der Waals surface area contributed by atoms with Crippen LogP contribution in [0.3, 0.4) is 0 Å². The van der Waals surface area contributed by atoms with E-state index in [1.807, 2.05) is 12.1 Å². The third kappa shape index (κ3) is 4.36. The molecule has 0 spiro atoms. The van der Waals surface area contributed by atoms with Crippen molar-refractivity contribution in [2.45, 2.75) is 44.6 Å². The average molecular weight is 386 g/mol. The number of aromatic nitrogens is 1. The van der Waals surface area contributed by atoms with Crippen LogP contribution in [0.2, 0.25) is 0 Å². The molecule has 7 nitrogen and oxygen atoms in total. The average Bonchev–Trinajstić information content (AvgIpc) is 2.71. The molecule has 0 bridgehead atoms. The number of carbonyl (C=O) groups is 2. The van der Waals surface area contributed by atoms with Crippen molar-refractivity contribution in [3.63, 3.8) is 0 Å². The first-order valence-electron chi connectivity index (χ1n) is 10.6. The lowest BCUT2D eigenvalue weighted by molar-refractivity contribution is -0.134. The van der Waals surface area contributed by atoms with E-state index in [4.69, 9.17) is 0 Å². The van der Waals surface area contributed by atoms with E-state index in [9.17, 15) is 9.59 Å². The lowest BCUT2D eigenvalue weighted by Gasteiger charge is -2.42. The molecule has 0 saturated carbocycles. The van der Waals surface area contributed by atoms with Gasteiger partial charge in [-0.1, -0.05) is 6.07 Å². The molecular weight excluding hydrogens is 354 g/mol. The van der Waals surface area contributed by atoms with Gasteiger partial charge in [-0.05, 0) is 56.8 Å². The minimum atomic E-state index is -0.264. The summed E-state index contributed by atoms with van der Waals surface area (Å²) >= 11 is 0. The van der Waals surface area contributed by atoms with E-state index in [1.54, 1.807) is 6.20 Å². The first kappa shape index (κ1) is 19.3. The molecule has 152 valence electrons. The van der Waals surface area contributed by atoms with Crippen LogP contribution < -0.4 is 15.5 Å². The second-order valence-electron chi connectivity index (χ2n) is 8.44. The predicted octanol–water partition coefficient (Wildman–Crippen LogP) is 1.11. The minimum Gasteiger partial charge on any atom is -0.354 e. The van der Waals surface area contributed by atoms with Crippen molar-refractivity contribution in [2.75, 3.05) is 44.2 Å². The number of pyridine rings is 1. The van der Waals surface area contributed by atoms with E-state index in [0.29, 0.717) is 18.9 Å². The molecule has 3 saturated heterocycles. The van der Waals surface area contributed by atoms with Gasteiger partial charge in [0.2, 0.25) is 11.8 Å². The van der Waals surface area contributed by atoms with Gasteiger partial charge < -0.3 is 10.2 Å². The zero-order valence-corrected chi connectivity index (χ0v) is 16.7. The van der Waals surface area contributed by atoms with E-state index in [-0.39, 0.29) is 17.7 Å². The Kier molecular flexibility index (Phi) is 5.92. The Labute approximate surface area is 166 Å². The maximum Gasteiger partial charge on any atom is 0.234 e. The highest BCUT2D eigenvalue weighted by molar-refractivity contribution is 6.00. The topological polar surface area (TPSA) is 77.6 Å². The Hall–Kier alpha value is -1.99. The summed E-state index contributed by atoms with van der Waals surface area (Å²) in [5.74, 6) is 1.15. The van der Waals surface area contributed by atoms with Crippen LogP contribution in [0, 0.1) is 5.92 Å². The smallest absolute Gasteiger partial charge is 0.234 e. The summed E-state index contributed by atoms with van der Waals surface area (Å²) in [6.45, 7) is 8.87. The summed E-state index contributed by atoms with van der Waals surface area (Å²) in [7, 11) is 0. The SMILES string of the molecule is C[C@H]1CN(c2ccc(C3CCC(=O)NC3=O)cn2)CCN1CC1CCNCC1. The monoisotopic (exact) mass is 385 g/mol. The Bertz CT molecular complexity index is 701. The fourth-order valence-corrected chi connectivity index (χ4v) is 4.67. The van der Waals surface area contributed by atoms with E-state index in [2.05, 4.69) is 32.3 Å². The van der Waals surface area contributed by atoms with Crippen molar-refractivity contribution >= 4 is 17.6 Å². The molecule has 28 heavy (non-hydrogen) atoms. The van der Waals surface area contributed by atoms with Crippen LogP contribution in [0.1, 0.15) is 44.1 Å². The first-order chi connectivity index (χ1) is 13.6. The summed E-state index contributed by atoms with van der Waals surface area (Å²) < 4.78 is 0. The molecular formula is C21H31N5O2. The number of piperidine rings is 2. The summed E-state index contributed by atoms with van der Waals surface area (Å²) in [6.07, 6.45) is 5.35. The molecule has 1 unspecified atom stereocenters. The number of nitrogens with one attached hydrogen (secondary N) is 2. The largest absolute Gasteiger partial charge is 0.354 e. The van der Waals surface area contributed by atoms with E-state index in [0.717, 1.165) is 50.0 Å². The van der Waals surface area contributed by atoms with Crippen LogP contribution in [0.4, 0.5) is 5.82 Å². The third-order valence-corrected chi connectivity index (χ3v) is 6.45. The molecule has 4 heterocycles. The number of nitrogens with zero attached hydrogens (tertiary/aromatic N) is 3.